The molecule has 0 aliphatic heterocycles. The summed E-state index contributed by atoms with van der Waals surface area (Å²) in [6.45, 7) is 4.22. The molecule has 0 saturated carbocycles. The van der Waals surface area contributed by atoms with Gasteiger partial charge in [-0.15, -0.1) is 0 Å². The topological polar surface area (TPSA) is 84.2 Å². The zero-order valence-electron chi connectivity index (χ0n) is 14.1. The highest BCUT2D eigenvalue weighted by molar-refractivity contribution is 6.11. The third kappa shape index (κ3) is 3.24. The molecule has 2 aromatic carbocycles. The van der Waals surface area contributed by atoms with Gasteiger partial charge in [-0.3, -0.25) is 9.59 Å². The van der Waals surface area contributed by atoms with Crippen molar-refractivity contribution in [2.75, 3.05) is 5.32 Å². The summed E-state index contributed by atoms with van der Waals surface area (Å²) in [7, 11) is 0. The average Bonchev–Trinajstić information content (AvgIpc) is 2.60. The highest BCUT2D eigenvalue weighted by Gasteiger charge is 2.17. The zero-order valence-corrected chi connectivity index (χ0v) is 14.1. The van der Waals surface area contributed by atoms with E-state index in [2.05, 4.69) is 10.4 Å². The van der Waals surface area contributed by atoms with E-state index in [9.17, 15) is 14.7 Å². The maximum Gasteiger partial charge on any atom is 0.276 e. The average molecular weight is 337 g/mol. The number of carbonyl (C=O) groups is 1. The number of anilines is 1. The molecule has 3 aromatic rings. The SMILES string of the molecule is CCCn1nc(C(=O)Nc2ccc(C)cc2O)c2ccccc2c1=O. The fourth-order valence-corrected chi connectivity index (χ4v) is 2.70. The largest absolute Gasteiger partial charge is 0.506 e. The number of aromatic hydroxyl groups is 1. The molecule has 0 bridgehead atoms. The second-order valence-corrected chi connectivity index (χ2v) is 5.90. The van der Waals surface area contributed by atoms with Gasteiger partial charge >= 0.3 is 0 Å². The first-order valence-corrected chi connectivity index (χ1v) is 8.12. The Morgan fingerprint density at radius 1 is 1.20 bits per heavy atom. The summed E-state index contributed by atoms with van der Waals surface area (Å²) in [6, 6.07) is 11.9. The first-order chi connectivity index (χ1) is 12.0. The number of aryl methyl sites for hydroxylation is 2. The van der Waals surface area contributed by atoms with Crippen LogP contribution in [0.3, 0.4) is 0 Å². The Labute approximate surface area is 144 Å². The molecule has 6 nitrogen and oxygen atoms in total. The Morgan fingerprint density at radius 2 is 1.92 bits per heavy atom. The minimum atomic E-state index is -0.472. The van der Waals surface area contributed by atoms with Crippen LogP contribution in [0, 0.1) is 6.92 Å². The quantitative estimate of drug-likeness (QED) is 0.717. The summed E-state index contributed by atoms with van der Waals surface area (Å²) in [4.78, 5) is 25.2. The number of hydrogen-bond acceptors (Lipinski definition) is 4. The van der Waals surface area contributed by atoms with E-state index >= 15 is 0 Å². The van der Waals surface area contributed by atoms with Gasteiger partial charge in [0, 0.05) is 11.9 Å². The third-order valence-corrected chi connectivity index (χ3v) is 3.92. The number of phenolic OH excluding ortho intramolecular Hbond substituents is 1. The lowest BCUT2D eigenvalue weighted by molar-refractivity contribution is 0.102. The number of fused-ring (bicyclic) bond motifs is 1. The lowest BCUT2D eigenvalue weighted by Crippen LogP contribution is -2.27. The van der Waals surface area contributed by atoms with Crippen LogP contribution in [0.1, 0.15) is 29.4 Å². The van der Waals surface area contributed by atoms with Crippen molar-refractivity contribution in [2.45, 2.75) is 26.8 Å². The molecule has 1 amide bonds. The van der Waals surface area contributed by atoms with E-state index in [1.165, 1.54) is 4.68 Å². The highest BCUT2D eigenvalue weighted by atomic mass is 16.3. The molecule has 0 aliphatic carbocycles. The summed E-state index contributed by atoms with van der Waals surface area (Å²) >= 11 is 0. The Kier molecular flexibility index (Phi) is 4.52. The molecule has 0 atom stereocenters. The zero-order chi connectivity index (χ0) is 18.0. The highest BCUT2D eigenvalue weighted by Crippen LogP contribution is 2.25. The van der Waals surface area contributed by atoms with Gasteiger partial charge in [0.25, 0.3) is 11.5 Å². The molecule has 1 heterocycles. The molecule has 3 rings (SSSR count). The number of aromatic nitrogens is 2. The van der Waals surface area contributed by atoms with Crippen LogP contribution in [0.5, 0.6) is 5.75 Å². The van der Waals surface area contributed by atoms with Crippen molar-refractivity contribution >= 4 is 22.4 Å². The van der Waals surface area contributed by atoms with Crippen molar-refractivity contribution in [2.24, 2.45) is 0 Å². The Balaban J connectivity index is 2.09. The summed E-state index contributed by atoms with van der Waals surface area (Å²) in [5.41, 5.74) is 1.13. The number of phenols is 1. The van der Waals surface area contributed by atoms with Gasteiger partial charge in [0.15, 0.2) is 5.69 Å². The second kappa shape index (κ2) is 6.76. The van der Waals surface area contributed by atoms with Gasteiger partial charge in [-0.1, -0.05) is 31.2 Å². The van der Waals surface area contributed by atoms with Gasteiger partial charge in [0.2, 0.25) is 0 Å². The molecular weight excluding hydrogens is 318 g/mol. The summed E-state index contributed by atoms with van der Waals surface area (Å²) in [5, 5.41) is 17.8. The second-order valence-electron chi connectivity index (χ2n) is 5.90. The molecule has 25 heavy (non-hydrogen) atoms. The lowest BCUT2D eigenvalue weighted by atomic mass is 10.1. The molecule has 2 N–H and O–H groups in total. The number of amides is 1. The number of carbonyl (C=O) groups excluding carboxylic acids is 1. The first kappa shape index (κ1) is 16.7. The van der Waals surface area contributed by atoms with Crippen LogP contribution >= 0.6 is 0 Å². The summed E-state index contributed by atoms with van der Waals surface area (Å²) < 4.78 is 1.31. The molecule has 0 saturated heterocycles. The molecule has 1 aromatic heterocycles. The molecular formula is C19H19N3O3. The van der Waals surface area contributed by atoms with Crippen LogP contribution in [0.25, 0.3) is 10.8 Å². The Bertz CT molecular complexity index is 1010. The van der Waals surface area contributed by atoms with Crippen molar-refractivity contribution in [3.05, 3.63) is 64.1 Å². The maximum atomic E-state index is 12.7. The lowest BCUT2D eigenvalue weighted by Gasteiger charge is -2.11. The van der Waals surface area contributed by atoms with E-state index in [-0.39, 0.29) is 17.0 Å². The fraction of sp³-hybridized carbons (Fsp3) is 0.211. The molecule has 0 spiro atoms. The van der Waals surface area contributed by atoms with Gasteiger partial charge in [0.05, 0.1) is 11.1 Å². The monoisotopic (exact) mass is 337 g/mol. The number of rotatable bonds is 4. The summed E-state index contributed by atoms with van der Waals surface area (Å²) in [5.74, 6) is -0.486. The first-order valence-electron chi connectivity index (χ1n) is 8.12. The minimum Gasteiger partial charge on any atom is -0.506 e. The van der Waals surface area contributed by atoms with E-state index < -0.39 is 5.91 Å². The predicted molar refractivity (Wildman–Crippen MR) is 97.1 cm³/mol. The van der Waals surface area contributed by atoms with Gasteiger partial charge in [0.1, 0.15) is 5.75 Å². The molecule has 128 valence electrons. The van der Waals surface area contributed by atoms with E-state index in [1.807, 2.05) is 13.8 Å². The van der Waals surface area contributed by atoms with E-state index in [1.54, 1.807) is 42.5 Å². The van der Waals surface area contributed by atoms with Gasteiger partial charge in [-0.2, -0.15) is 5.10 Å². The number of benzene rings is 2. The fourth-order valence-electron chi connectivity index (χ4n) is 2.70. The minimum absolute atomic E-state index is 0.0143. The van der Waals surface area contributed by atoms with Crippen molar-refractivity contribution in [3.63, 3.8) is 0 Å². The van der Waals surface area contributed by atoms with Crippen LogP contribution in [0.15, 0.2) is 47.3 Å². The van der Waals surface area contributed by atoms with E-state index in [0.29, 0.717) is 23.0 Å². The molecule has 6 heteroatoms. The number of nitrogens with one attached hydrogen (secondary N) is 1. The molecule has 0 aliphatic rings. The molecule has 0 radical (unpaired) electrons. The van der Waals surface area contributed by atoms with Crippen LogP contribution < -0.4 is 10.9 Å². The number of hydrogen-bond donors (Lipinski definition) is 2. The predicted octanol–water partition coefficient (Wildman–Crippen LogP) is 3.07. The smallest absolute Gasteiger partial charge is 0.276 e. The van der Waals surface area contributed by atoms with Crippen molar-refractivity contribution in [1.82, 2.24) is 9.78 Å². The summed E-state index contributed by atoms with van der Waals surface area (Å²) in [6.07, 6.45) is 0.727. The Morgan fingerprint density at radius 3 is 2.60 bits per heavy atom. The van der Waals surface area contributed by atoms with Crippen molar-refractivity contribution in [1.29, 1.82) is 0 Å². The van der Waals surface area contributed by atoms with E-state index in [4.69, 9.17) is 0 Å². The molecule has 0 unspecified atom stereocenters. The van der Waals surface area contributed by atoms with Gasteiger partial charge < -0.3 is 10.4 Å². The van der Waals surface area contributed by atoms with Crippen LogP contribution in [0.4, 0.5) is 5.69 Å². The maximum absolute atomic E-state index is 12.7. The van der Waals surface area contributed by atoms with Crippen LogP contribution in [-0.2, 0) is 6.54 Å². The van der Waals surface area contributed by atoms with E-state index in [0.717, 1.165) is 12.0 Å². The van der Waals surface area contributed by atoms with Gasteiger partial charge in [-0.05, 0) is 37.1 Å². The molecule has 0 fully saturated rings. The Hall–Kier alpha value is -3.15. The van der Waals surface area contributed by atoms with Crippen molar-refractivity contribution < 1.29 is 9.90 Å². The standard InChI is InChI=1S/C19H19N3O3/c1-3-10-22-19(25)14-7-5-4-6-13(14)17(21-22)18(24)20-15-9-8-12(2)11-16(15)23/h4-9,11,23H,3,10H2,1-2H3,(H,20,24). The van der Waals surface area contributed by atoms with Crippen LogP contribution in [-0.4, -0.2) is 20.8 Å². The normalized spacial score (nSPS) is 10.8. The van der Waals surface area contributed by atoms with Crippen molar-refractivity contribution in [3.8, 4) is 5.75 Å². The van der Waals surface area contributed by atoms with Gasteiger partial charge in [-0.25, -0.2) is 4.68 Å². The third-order valence-electron chi connectivity index (χ3n) is 3.92. The van der Waals surface area contributed by atoms with Crippen LogP contribution in [0.2, 0.25) is 0 Å². The number of nitrogens with zero attached hydrogens (tertiary/aromatic N) is 2.